The van der Waals surface area contributed by atoms with E-state index in [0.717, 1.165) is 12.8 Å². The number of ether oxygens (including phenoxy) is 1. The van der Waals surface area contributed by atoms with Gasteiger partial charge in [-0.1, -0.05) is 13.3 Å². The zero-order valence-electron chi connectivity index (χ0n) is 8.74. The Hall–Kier alpha value is -1.58. The minimum absolute atomic E-state index is 0.326. The van der Waals surface area contributed by atoms with Crippen molar-refractivity contribution in [2.24, 2.45) is 10.9 Å². The van der Waals surface area contributed by atoms with Crippen molar-refractivity contribution in [1.29, 1.82) is 0 Å². The van der Waals surface area contributed by atoms with Crippen LogP contribution in [0.5, 0.6) is 5.75 Å². The van der Waals surface area contributed by atoms with Crippen molar-refractivity contribution in [3.63, 3.8) is 0 Å². The van der Waals surface area contributed by atoms with Gasteiger partial charge in [-0.15, -0.1) is 0 Å². The minimum atomic E-state index is -0.326. The highest BCUT2D eigenvalue weighted by Gasteiger charge is 2.02. The van der Waals surface area contributed by atoms with Gasteiger partial charge < -0.3 is 10.6 Å². The Morgan fingerprint density at radius 3 is 3.00 bits per heavy atom. The summed E-state index contributed by atoms with van der Waals surface area (Å²) >= 11 is 0. The molecule has 0 atom stereocenters. The van der Waals surface area contributed by atoms with Crippen LogP contribution in [0.1, 0.15) is 25.3 Å². The van der Waals surface area contributed by atoms with Gasteiger partial charge in [0.05, 0.1) is 12.8 Å². The molecule has 0 aliphatic rings. The average molecular weight is 210 g/mol. The van der Waals surface area contributed by atoms with Gasteiger partial charge in [-0.25, -0.2) is 4.39 Å². The van der Waals surface area contributed by atoms with Gasteiger partial charge in [-0.2, -0.15) is 5.10 Å². The summed E-state index contributed by atoms with van der Waals surface area (Å²) in [6, 6.07) is 4.29. The molecule has 1 rings (SSSR count). The van der Waals surface area contributed by atoms with E-state index in [9.17, 15) is 4.39 Å². The summed E-state index contributed by atoms with van der Waals surface area (Å²) in [6.07, 6.45) is 3.41. The van der Waals surface area contributed by atoms with Crippen molar-refractivity contribution in [1.82, 2.24) is 0 Å². The number of hydrogen-bond acceptors (Lipinski definition) is 3. The molecule has 0 spiro atoms. The number of benzene rings is 1. The predicted octanol–water partition coefficient (Wildman–Crippen LogP) is 2.30. The van der Waals surface area contributed by atoms with E-state index < -0.39 is 0 Å². The topological polar surface area (TPSA) is 47.6 Å². The van der Waals surface area contributed by atoms with Gasteiger partial charge in [0.25, 0.3) is 0 Å². The van der Waals surface area contributed by atoms with Crippen LogP contribution in [0.4, 0.5) is 4.39 Å². The van der Waals surface area contributed by atoms with Crippen molar-refractivity contribution < 1.29 is 9.13 Å². The van der Waals surface area contributed by atoms with E-state index >= 15 is 0 Å². The molecule has 4 heteroatoms. The SMILES string of the molecule is CCCCOc1ccc(F)cc1C=NN. The second-order valence-electron chi connectivity index (χ2n) is 3.16. The molecule has 0 bridgehead atoms. The maximum atomic E-state index is 12.9. The van der Waals surface area contributed by atoms with E-state index in [4.69, 9.17) is 10.6 Å². The van der Waals surface area contributed by atoms with Crippen molar-refractivity contribution in [2.75, 3.05) is 6.61 Å². The molecule has 0 aliphatic heterocycles. The van der Waals surface area contributed by atoms with E-state index in [1.54, 1.807) is 6.07 Å². The molecule has 0 unspecified atom stereocenters. The number of unbranched alkanes of at least 4 members (excludes halogenated alkanes) is 1. The molecule has 3 nitrogen and oxygen atoms in total. The number of halogens is 1. The van der Waals surface area contributed by atoms with Gasteiger partial charge in [0.1, 0.15) is 11.6 Å². The molecular weight excluding hydrogens is 195 g/mol. The van der Waals surface area contributed by atoms with Crippen LogP contribution in [-0.4, -0.2) is 12.8 Å². The van der Waals surface area contributed by atoms with Crippen molar-refractivity contribution in [3.05, 3.63) is 29.6 Å². The van der Waals surface area contributed by atoms with Crippen molar-refractivity contribution in [3.8, 4) is 5.75 Å². The quantitative estimate of drug-likeness (QED) is 0.351. The first-order valence-electron chi connectivity index (χ1n) is 4.93. The summed E-state index contributed by atoms with van der Waals surface area (Å²) in [4.78, 5) is 0. The van der Waals surface area contributed by atoms with Crippen LogP contribution >= 0.6 is 0 Å². The third-order valence-corrected chi connectivity index (χ3v) is 1.94. The fourth-order valence-electron chi connectivity index (χ4n) is 1.16. The first kappa shape index (κ1) is 11.5. The molecule has 1 aromatic carbocycles. The predicted molar refractivity (Wildman–Crippen MR) is 58.6 cm³/mol. The molecule has 0 aromatic heterocycles. The molecule has 82 valence electrons. The van der Waals surface area contributed by atoms with E-state index in [0.29, 0.717) is 17.9 Å². The first-order valence-corrected chi connectivity index (χ1v) is 4.93. The molecular formula is C11H15FN2O. The summed E-state index contributed by atoms with van der Waals surface area (Å²) in [5, 5.41) is 3.36. The van der Waals surface area contributed by atoms with E-state index in [1.165, 1.54) is 18.3 Å². The number of hydrazone groups is 1. The molecule has 0 aliphatic carbocycles. The van der Waals surface area contributed by atoms with Gasteiger partial charge in [0, 0.05) is 5.56 Å². The maximum Gasteiger partial charge on any atom is 0.128 e. The highest BCUT2D eigenvalue weighted by molar-refractivity contribution is 5.83. The van der Waals surface area contributed by atoms with Crippen molar-refractivity contribution >= 4 is 6.21 Å². The molecule has 1 aromatic rings. The fraction of sp³-hybridized carbons (Fsp3) is 0.364. The van der Waals surface area contributed by atoms with Crippen LogP contribution in [0.25, 0.3) is 0 Å². The van der Waals surface area contributed by atoms with Crippen LogP contribution in [0.3, 0.4) is 0 Å². The first-order chi connectivity index (χ1) is 7.27. The zero-order chi connectivity index (χ0) is 11.1. The van der Waals surface area contributed by atoms with E-state index in [1.807, 2.05) is 0 Å². The van der Waals surface area contributed by atoms with Gasteiger partial charge >= 0.3 is 0 Å². The zero-order valence-corrected chi connectivity index (χ0v) is 8.74. The Labute approximate surface area is 88.7 Å². The Morgan fingerprint density at radius 1 is 1.53 bits per heavy atom. The maximum absolute atomic E-state index is 12.9. The summed E-state index contributed by atoms with van der Waals surface area (Å²) in [5.41, 5.74) is 0.564. The highest BCUT2D eigenvalue weighted by atomic mass is 19.1. The van der Waals surface area contributed by atoms with Crippen LogP contribution in [0.15, 0.2) is 23.3 Å². The molecule has 0 amide bonds. The molecule has 0 saturated heterocycles. The smallest absolute Gasteiger partial charge is 0.128 e. The highest BCUT2D eigenvalue weighted by Crippen LogP contribution is 2.18. The standard InChI is InChI=1S/C11H15FN2O/c1-2-3-6-15-11-5-4-10(12)7-9(11)8-14-13/h4-5,7-8H,2-3,6,13H2,1H3. The molecule has 15 heavy (non-hydrogen) atoms. The molecule has 0 saturated carbocycles. The Morgan fingerprint density at radius 2 is 2.33 bits per heavy atom. The number of nitrogens with zero attached hydrogens (tertiary/aromatic N) is 1. The molecule has 0 fully saturated rings. The van der Waals surface area contributed by atoms with E-state index in [2.05, 4.69) is 12.0 Å². The normalized spacial score (nSPS) is 10.8. The van der Waals surface area contributed by atoms with Crippen LogP contribution in [0, 0.1) is 5.82 Å². The average Bonchev–Trinajstić information content (AvgIpc) is 2.22. The van der Waals surface area contributed by atoms with Gasteiger partial charge in [-0.05, 0) is 24.6 Å². The second-order valence-corrected chi connectivity index (χ2v) is 3.16. The molecule has 0 heterocycles. The Bertz CT molecular complexity index is 339. The second kappa shape index (κ2) is 6.01. The molecule has 2 N–H and O–H groups in total. The van der Waals surface area contributed by atoms with Crippen LogP contribution < -0.4 is 10.6 Å². The van der Waals surface area contributed by atoms with E-state index in [-0.39, 0.29) is 5.82 Å². The summed E-state index contributed by atoms with van der Waals surface area (Å²) in [5.74, 6) is 5.31. The minimum Gasteiger partial charge on any atom is -0.493 e. The molecule has 0 radical (unpaired) electrons. The lowest BCUT2D eigenvalue weighted by atomic mass is 10.2. The third kappa shape index (κ3) is 3.58. The monoisotopic (exact) mass is 210 g/mol. The summed E-state index contributed by atoms with van der Waals surface area (Å²) < 4.78 is 18.4. The number of hydrogen-bond donors (Lipinski definition) is 1. The Kier molecular flexibility index (Phi) is 4.60. The van der Waals surface area contributed by atoms with Gasteiger partial charge in [-0.3, -0.25) is 0 Å². The Balaban J connectivity index is 2.76. The van der Waals surface area contributed by atoms with Crippen LogP contribution in [-0.2, 0) is 0 Å². The van der Waals surface area contributed by atoms with Crippen LogP contribution in [0.2, 0.25) is 0 Å². The number of nitrogens with two attached hydrogens (primary N) is 1. The third-order valence-electron chi connectivity index (χ3n) is 1.94. The summed E-state index contributed by atoms with van der Waals surface area (Å²) in [7, 11) is 0. The fourth-order valence-corrected chi connectivity index (χ4v) is 1.16. The largest absolute Gasteiger partial charge is 0.493 e. The summed E-state index contributed by atoms with van der Waals surface area (Å²) in [6.45, 7) is 2.70. The lowest BCUT2D eigenvalue weighted by molar-refractivity contribution is 0.308. The lowest BCUT2D eigenvalue weighted by Crippen LogP contribution is -2.00. The van der Waals surface area contributed by atoms with Crippen molar-refractivity contribution in [2.45, 2.75) is 19.8 Å². The lowest BCUT2D eigenvalue weighted by Gasteiger charge is -2.08. The van der Waals surface area contributed by atoms with Gasteiger partial charge in [0.2, 0.25) is 0 Å². The van der Waals surface area contributed by atoms with Gasteiger partial charge in [0.15, 0.2) is 0 Å². The number of rotatable bonds is 5.